The van der Waals surface area contributed by atoms with Crippen LogP contribution in [0.2, 0.25) is 0 Å². The molecule has 1 aromatic carbocycles. The van der Waals surface area contributed by atoms with Gasteiger partial charge in [-0.15, -0.1) is 0 Å². The number of nitrogens with one attached hydrogen (secondary N) is 2. The number of hydrogen-bond acceptors (Lipinski definition) is 18. The molecule has 0 aliphatic carbocycles. The highest BCUT2D eigenvalue weighted by Crippen LogP contribution is 2.39. The van der Waals surface area contributed by atoms with Crippen LogP contribution in [0.25, 0.3) is 0 Å². The van der Waals surface area contributed by atoms with E-state index in [1.54, 1.807) is 62.3 Å². The molecule has 0 spiro atoms. The lowest BCUT2D eigenvalue weighted by Crippen LogP contribution is -2.50. The van der Waals surface area contributed by atoms with Crippen molar-refractivity contribution in [2.45, 2.75) is 99.9 Å². The molecular weight excluding hydrogens is 825 g/mol. The Balaban J connectivity index is 2.26. The third-order valence-electron chi connectivity index (χ3n) is 8.38. The maximum absolute atomic E-state index is 13.4. The van der Waals surface area contributed by atoms with Gasteiger partial charge in [0.15, 0.2) is 11.5 Å². The van der Waals surface area contributed by atoms with Crippen molar-refractivity contribution in [3.63, 3.8) is 0 Å². The molecular formula is C43H68N6O14. The number of benzene rings is 1. The molecule has 0 aromatic heterocycles. The van der Waals surface area contributed by atoms with E-state index in [1.807, 2.05) is 19.6 Å². The summed E-state index contributed by atoms with van der Waals surface area (Å²) in [6.45, 7) is 22.2. The molecule has 2 amide bonds. The third-order valence-corrected chi connectivity index (χ3v) is 8.38. The van der Waals surface area contributed by atoms with E-state index in [2.05, 4.69) is 10.6 Å². The van der Waals surface area contributed by atoms with E-state index in [0.29, 0.717) is 52.4 Å². The van der Waals surface area contributed by atoms with Crippen LogP contribution in [0.15, 0.2) is 12.1 Å². The Morgan fingerprint density at radius 1 is 0.476 bits per heavy atom. The number of ether oxygens (including phenoxy) is 6. The number of rotatable bonds is 15. The molecule has 2 N–H and O–H groups in total. The van der Waals surface area contributed by atoms with Crippen LogP contribution in [0.3, 0.4) is 0 Å². The summed E-state index contributed by atoms with van der Waals surface area (Å²) in [5.74, 6) is -5.67. The zero-order chi connectivity index (χ0) is 47.7. The van der Waals surface area contributed by atoms with E-state index in [-0.39, 0.29) is 68.0 Å². The molecule has 0 bridgehead atoms. The van der Waals surface area contributed by atoms with Crippen molar-refractivity contribution < 1.29 is 66.8 Å². The Morgan fingerprint density at radius 3 is 1.08 bits per heavy atom. The molecule has 1 saturated heterocycles. The van der Waals surface area contributed by atoms with Crippen molar-refractivity contribution in [1.82, 2.24) is 30.2 Å². The fraction of sp³-hybridized carbons (Fsp3) is 0.674. The van der Waals surface area contributed by atoms with Gasteiger partial charge in [0.05, 0.1) is 26.2 Å². The normalized spacial score (nSPS) is 15.4. The molecule has 0 atom stereocenters. The lowest BCUT2D eigenvalue weighted by molar-refractivity contribution is -0.158. The average molecular weight is 893 g/mol. The molecule has 1 aliphatic rings. The summed E-state index contributed by atoms with van der Waals surface area (Å²) in [6, 6.07) is 2.29. The number of amides is 2. The van der Waals surface area contributed by atoms with E-state index in [4.69, 9.17) is 28.4 Å². The van der Waals surface area contributed by atoms with Crippen molar-refractivity contribution in [3.05, 3.63) is 17.7 Å². The standard InChI is InChI=1S/C43H68N6O14/c1-29(50)58-33-23-32(24-34(59-30(2)51)39(33)60-31(3)52)40(57)45-14-13-44-35(53)25-46-15-17-47(26-36(54)61-41(4,5)6)19-21-49(28-38(56)63-43(10,11)12)22-20-48(18-16-46)27-37(55)62-42(7,8)9/h23-24H,13-22,25-28H2,1-12H3,(H,44,53)(H,45,57). The van der Waals surface area contributed by atoms with E-state index in [9.17, 15) is 38.4 Å². The van der Waals surface area contributed by atoms with Crippen molar-refractivity contribution in [2.24, 2.45) is 0 Å². The van der Waals surface area contributed by atoms with Crippen LogP contribution in [0.1, 0.15) is 93.4 Å². The number of nitrogens with zero attached hydrogens (tertiary/aromatic N) is 4. The molecule has 0 unspecified atom stereocenters. The van der Waals surface area contributed by atoms with Gasteiger partial charge in [0.25, 0.3) is 5.91 Å². The maximum Gasteiger partial charge on any atom is 0.320 e. The van der Waals surface area contributed by atoms with Crippen LogP contribution in [-0.4, -0.2) is 176 Å². The molecule has 1 aliphatic heterocycles. The summed E-state index contributed by atoms with van der Waals surface area (Å²) in [4.78, 5) is 108. The second kappa shape index (κ2) is 24.6. The Labute approximate surface area is 370 Å². The van der Waals surface area contributed by atoms with Gasteiger partial charge in [0, 0.05) is 91.8 Å². The first-order valence-electron chi connectivity index (χ1n) is 20.9. The minimum absolute atomic E-state index is 0.00241. The molecule has 2 rings (SSSR count). The fourth-order valence-corrected chi connectivity index (χ4v) is 6.03. The van der Waals surface area contributed by atoms with Gasteiger partial charge < -0.3 is 39.1 Å². The van der Waals surface area contributed by atoms with Gasteiger partial charge in [-0.2, -0.15) is 0 Å². The third kappa shape index (κ3) is 23.7. The number of carbonyl (C=O) groups excluding carboxylic acids is 8. The summed E-state index contributed by atoms with van der Waals surface area (Å²) in [5, 5.41) is 5.43. The summed E-state index contributed by atoms with van der Waals surface area (Å²) in [7, 11) is 0. The van der Waals surface area contributed by atoms with Gasteiger partial charge in [-0.25, -0.2) is 0 Å². The Morgan fingerprint density at radius 2 is 0.778 bits per heavy atom. The quantitative estimate of drug-likeness (QED) is 0.110. The zero-order valence-electron chi connectivity index (χ0n) is 39.1. The van der Waals surface area contributed by atoms with Gasteiger partial charge in [0.1, 0.15) is 16.8 Å². The first-order valence-corrected chi connectivity index (χ1v) is 20.9. The molecule has 1 fully saturated rings. The Bertz CT molecular complexity index is 1700. The van der Waals surface area contributed by atoms with Gasteiger partial charge in [-0.1, -0.05) is 0 Å². The predicted octanol–water partition coefficient (Wildman–Crippen LogP) is 1.56. The first kappa shape index (κ1) is 54.0. The van der Waals surface area contributed by atoms with Crippen LogP contribution >= 0.6 is 0 Å². The average Bonchev–Trinajstić information content (AvgIpc) is 3.09. The largest absolute Gasteiger partial charge is 0.459 e. The number of esters is 6. The summed E-state index contributed by atoms with van der Waals surface area (Å²) < 4.78 is 32.2. The van der Waals surface area contributed by atoms with Gasteiger partial charge >= 0.3 is 35.8 Å². The molecule has 1 aromatic rings. The predicted molar refractivity (Wildman–Crippen MR) is 229 cm³/mol. The smallest absolute Gasteiger partial charge is 0.320 e. The molecule has 1 heterocycles. The second-order valence-electron chi connectivity index (χ2n) is 18.1. The topological polar surface area (TPSA) is 229 Å². The Kier molecular flexibility index (Phi) is 21.1. The number of carbonyl (C=O) groups is 8. The van der Waals surface area contributed by atoms with Crippen LogP contribution in [0.5, 0.6) is 17.2 Å². The minimum atomic E-state index is -0.794. The van der Waals surface area contributed by atoms with Gasteiger partial charge in [-0.05, 0) is 74.4 Å². The highest BCUT2D eigenvalue weighted by molar-refractivity contribution is 5.96. The first-order chi connectivity index (χ1) is 29.1. The van der Waals surface area contributed by atoms with E-state index >= 15 is 0 Å². The van der Waals surface area contributed by atoms with E-state index < -0.39 is 58.5 Å². The fourth-order valence-electron chi connectivity index (χ4n) is 6.03. The molecule has 20 heteroatoms. The highest BCUT2D eigenvalue weighted by Gasteiger charge is 2.27. The lowest BCUT2D eigenvalue weighted by Gasteiger charge is -2.34. The Hall–Kier alpha value is -5.18. The zero-order valence-corrected chi connectivity index (χ0v) is 39.1. The van der Waals surface area contributed by atoms with Crippen molar-refractivity contribution in [1.29, 1.82) is 0 Å². The van der Waals surface area contributed by atoms with Crippen LogP contribution in [-0.2, 0) is 47.8 Å². The molecule has 354 valence electrons. The molecule has 0 saturated carbocycles. The van der Waals surface area contributed by atoms with Crippen LogP contribution in [0.4, 0.5) is 0 Å². The monoisotopic (exact) mass is 892 g/mol. The van der Waals surface area contributed by atoms with Crippen molar-refractivity contribution >= 4 is 47.6 Å². The molecule has 63 heavy (non-hydrogen) atoms. The molecule has 20 nitrogen and oxygen atoms in total. The molecule has 0 radical (unpaired) electrons. The maximum atomic E-state index is 13.4. The van der Waals surface area contributed by atoms with Gasteiger partial charge in [-0.3, -0.25) is 58.0 Å². The van der Waals surface area contributed by atoms with Crippen LogP contribution in [0, 0.1) is 0 Å². The summed E-state index contributed by atoms with van der Waals surface area (Å²) in [6.07, 6.45) is 0. The van der Waals surface area contributed by atoms with E-state index in [0.717, 1.165) is 32.9 Å². The van der Waals surface area contributed by atoms with E-state index in [1.165, 1.54) is 0 Å². The minimum Gasteiger partial charge on any atom is -0.459 e. The van der Waals surface area contributed by atoms with Crippen LogP contribution < -0.4 is 24.8 Å². The SMILES string of the molecule is CC(=O)Oc1cc(C(=O)NCCNC(=O)CN2CCN(CC(=O)OC(C)(C)C)CCN(CC(=O)OC(C)(C)C)CCN(CC(=O)OC(C)(C)C)CC2)cc(OC(C)=O)c1OC(C)=O. The summed E-state index contributed by atoms with van der Waals surface area (Å²) in [5.41, 5.74) is -2.19. The summed E-state index contributed by atoms with van der Waals surface area (Å²) >= 11 is 0. The van der Waals surface area contributed by atoms with Crippen molar-refractivity contribution in [3.8, 4) is 17.2 Å². The lowest BCUT2D eigenvalue weighted by atomic mass is 10.1. The second-order valence-corrected chi connectivity index (χ2v) is 18.1. The highest BCUT2D eigenvalue weighted by atomic mass is 16.6. The van der Waals surface area contributed by atoms with Gasteiger partial charge in [0.2, 0.25) is 11.7 Å². The number of hydrogen-bond donors (Lipinski definition) is 2. The van der Waals surface area contributed by atoms with Crippen molar-refractivity contribution in [2.75, 3.05) is 91.6 Å².